The number of nitrogens with zero attached hydrogens (tertiary/aromatic N) is 3. The molecule has 2 rings (SSSR count). The van der Waals surface area contributed by atoms with Crippen LogP contribution in [0.1, 0.15) is 25.1 Å². The van der Waals surface area contributed by atoms with Crippen LogP contribution >= 0.6 is 0 Å². The van der Waals surface area contributed by atoms with Gasteiger partial charge in [-0.25, -0.2) is 9.97 Å². The summed E-state index contributed by atoms with van der Waals surface area (Å²) in [6.45, 7) is 3.85. The minimum Gasteiger partial charge on any atom is -0.359 e. The van der Waals surface area contributed by atoms with Crippen LogP contribution in [0.25, 0.3) is 0 Å². The van der Waals surface area contributed by atoms with E-state index in [1.54, 1.807) is 13.2 Å². The van der Waals surface area contributed by atoms with Gasteiger partial charge in [-0.2, -0.15) is 0 Å². The summed E-state index contributed by atoms with van der Waals surface area (Å²) in [5, 5.41) is 2.69. The minimum absolute atomic E-state index is 0.145. The molecule has 1 saturated heterocycles. The number of nitrogens with one attached hydrogen (secondary N) is 1. The smallest absolute Gasteiger partial charge is 0.220 e. The fourth-order valence-electron chi connectivity index (χ4n) is 2.35. The number of amides is 1. The zero-order valence-corrected chi connectivity index (χ0v) is 11.0. The lowest BCUT2D eigenvalue weighted by molar-refractivity contribution is -0.121. The standard InChI is InChI=1S/C13H20N4O/c1-10-15-6-3-12(16-10)17-7-4-11(5-8-17)9-13(18)14-2/h3,6,11H,4-5,7-9H2,1-2H3,(H,14,18). The first-order valence-electron chi connectivity index (χ1n) is 6.44. The Bertz CT molecular complexity index is 413. The minimum atomic E-state index is 0.145. The number of piperidine rings is 1. The van der Waals surface area contributed by atoms with Crippen LogP contribution < -0.4 is 10.2 Å². The molecule has 0 saturated carbocycles. The average Bonchev–Trinajstić information content (AvgIpc) is 2.39. The van der Waals surface area contributed by atoms with Gasteiger partial charge in [-0.1, -0.05) is 0 Å². The van der Waals surface area contributed by atoms with Crippen LogP contribution in [0.5, 0.6) is 0 Å². The number of hydrogen-bond donors (Lipinski definition) is 1. The number of rotatable bonds is 3. The van der Waals surface area contributed by atoms with Gasteiger partial charge < -0.3 is 10.2 Å². The molecule has 1 aliphatic rings. The lowest BCUT2D eigenvalue weighted by Gasteiger charge is -2.32. The Morgan fingerprint density at radius 3 is 2.83 bits per heavy atom. The summed E-state index contributed by atoms with van der Waals surface area (Å²) in [4.78, 5) is 22.1. The van der Waals surface area contributed by atoms with Gasteiger partial charge >= 0.3 is 0 Å². The van der Waals surface area contributed by atoms with Crippen LogP contribution in [0, 0.1) is 12.8 Å². The molecule has 1 aliphatic heterocycles. The summed E-state index contributed by atoms with van der Waals surface area (Å²) in [6, 6.07) is 1.95. The molecule has 2 heterocycles. The van der Waals surface area contributed by atoms with Crippen molar-refractivity contribution in [3.63, 3.8) is 0 Å². The lowest BCUT2D eigenvalue weighted by atomic mass is 9.93. The largest absolute Gasteiger partial charge is 0.359 e. The summed E-state index contributed by atoms with van der Waals surface area (Å²) >= 11 is 0. The monoisotopic (exact) mass is 248 g/mol. The van der Waals surface area contributed by atoms with Gasteiger partial charge in [-0.05, 0) is 31.7 Å². The molecular weight excluding hydrogens is 228 g/mol. The third-order valence-corrected chi connectivity index (χ3v) is 3.45. The molecule has 5 nitrogen and oxygen atoms in total. The van der Waals surface area contributed by atoms with E-state index in [1.807, 2.05) is 13.0 Å². The van der Waals surface area contributed by atoms with Crippen molar-refractivity contribution in [2.75, 3.05) is 25.0 Å². The first-order valence-corrected chi connectivity index (χ1v) is 6.44. The highest BCUT2D eigenvalue weighted by Gasteiger charge is 2.21. The number of carbonyl (C=O) groups excluding carboxylic acids is 1. The molecule has 1 aromatic heterocycles. The molecule has 1 N–H and O–H groups in total. The lowest BCUT2D eigenvalue weighted by Crippen LogP contribution is -2.36. The molecular formula is C13H20N4O. The molecule has 0 aromatic carbocycles. The Morgan fingerprint density at radius 1 is 1.50 bits per heavy atom. The SMILES string of the molecule is CNC(=O)CC1CCN(c2ccnc(C)n2)CC1. The van der Waals surface area contributed by atoms with Crippen LogP contribution in [-0.4, -0.2) is 36.0 Å². The first kappa shape index (κ1) is 12.8. The van der Waals surface area contributed by atoms with Crippen molar-refractivity contribution in [2.45, 2.75) is 26.2 Å². The van der Waals surface area contributed by atoms with Crippen LogP contribution in [0.2, 0.25) is 0 Å². The van der Waals surface area contributed by atoms with Crippen LogP contribution in [0.3, 0.4) is 0 Å². The number of aromatic nitrogens is 2. The molecule has 98 valence electrons. The second-order valence-corrected chi connectivity index (χ2v) is 4.77. The highest BCUT2D eigenvalue weighted by molar-refractivity contribution is 5.75. The molecule has 0 radical (unpaired) electrons. The topological polar surface area (TPSA) is 58.1 Å². The predicted molar refractivity (Wildman–Crippen MR) is 70.4 cm³/mol. The van der Waals surface area contributed by atoms with Crippen molar-refractivity contribution in [2.24, 2.45) is 5.92 Å². The summed E-state index contributed by atoms with van der Waals surface area (Å²) < 4.78 is 0. The molecule has 18 heavy (non-hydrogen) atoms. The van der Waals surface area contributed by atoms with Crippen molar-refractivity contribution >= 4 is 11.7 Å². The maximum Gasteiger partial charge on any atom is 0.220 e. The number of hydrogen-bond acceptors (Lipinski definition) is 4. The van der Waals surface area contributed by atoms with Crippen molar-refractivity contribution in [1.29, 1.82) is 0 Å². The first-order chi connectivity index (χ1) is 8.69. The van der Waals surface area contributed by atoms with Crippen molar-refractivity contribution in [1.82, 2.24) is 15.3 Å². The molecule has 0 spiro atoms. The Kier molecular flexibility index (Phi) is 4.12. The second kappa shape index (κ2) is 5.80. The van der Waals surface area contributed by atoms with Crippen molar-refractivity contribution in [3.05, 3.63) is 18.1 Å². The maximum atomic E-state index is 11.3. The highest BCUT2D eigenvalue weighted by atomic mass is 16.1. The van der Waals surface area contributed by atoms with E-state index in [1.165, 1.54) is 0 Å². The zero-order valence-electron chi connectivity index (χ0n) is 11.0. The average molecular weight is 248 g/mol. The Balaban J connectivity index is 1.88. The third-order valence-electron chi connectivity index (χ3n) is 3.45. The summed E-state index contributed by atoms with van der Waals surface area (Å²) in [5.74, 6) is 2.45. The van der Waals surface area contributed by atoms with Crippen molar-refractivity contribution in [3.8, 4) is 0 Å². The van der Waals surface area contributed by atoms with Gasteiger partial charge in [0.25, 0.3) is 0 Å². The molecule has 0 unspecified atom stereocenters. The Labute approximate surface area is 108 Å². The van der Waals surface area contributed by atoms with Gasteiger partial charge in [0.15, 0.2) is 0 Å². The second-order valence-electron chi connectivity index (χ2n) is 4.77. The molecule has 1 aromatic rings. The van der Waals surface area contributed by atoms with E-state index in [4.69, 9.17) is 0 Å². The molecule has 5 heteroatoms. The number of anilines is 1. The van der Waals surface area contributed by atoms with Gasteiger partial charge in [0, 0.05) is 32.8 Å². The quantitative estimate of drug-likeness (QED) is 0.871. The van der Waals surface area contributed by atoms with E-state index >= 15 is 0 Å². The fraction of sp³-hybridized carbons (Fsp3) is 0.615. The van der Waals surface area contributed by atoms with E-state index in [-0.39, 0.29) is 5.91 Å². The van der Waals surface area contributed by atoms with Gasteiger partial charge in [0.2, 0.25) is 5.91 Å². The van der Waals surface area contributed by atoms with Crippen LogP contribution in [0.4, 0.5) is 5.82 Å². The zero-order chi connectivity index (χ0) is 13.0. The van der Waals surface area contributed by atoms with E-state index in [0.29, 0.717) is 12.3 Å². The van der Waals surface area contributed by atoms with E-state index in [0.717, 1.165) is 37.6 Å². The van der Waals surface area contributed by atoms with Gasteiger partial charge in [-0.3, -0.25) is 4.79 Å². The Hall–Kier alpha value is -1.65. The van der Waals surface area contributed by atoms with Crippen LogP contribution in [0.15, 0.2) is 12.3 Å². The van der Waals surface area contributed by atoms with Gasteiger partial charge in [0.05, 0.1) is 0 Å². The molecule has 1 fully saturated rings. The molecule has 1 amide bonds. The predicted octanol–water partition coefficient (Wildman–Crippen LogP) is 1.14. The van der Waals surface area contributed by atoms with E-state index in [9.17, 15) is 4.79 Å². The highest BCUT2D eigenvalue weighted by Crippen LogP contribution is 2.23. The van der Waals surface area contributed by atoms with Crippen molar-refractivity contribution < 1.29 is 4.79 Å². The third kappa shape index (κ3) is 3.18. The van der Waals surface area contributed by atoms with E-state index in [2.05, 4.69) is 20.2 Å². The molecule has 0 bridgehead atoms. The molecule has 0 aliphatic carbocycles. The fourth-order valence-corrected chi connectivity index (χ4v) is 2.35. The number of aryl methyl sites for hydroxylation is 1. The summed E-state index contributed by atoms with van der Waals surface area (Å²) in [7, 11) is 1.70. The maximum absolute atomic E-state index is 11.3. The number of carbonyl (C=O) groups is 1. The Morgan fingerprint density at radius 2 is 2.22 bits per heavy atom. The van der Waals surface area contributed by atoms with Gasteiger partial charge in [0.1, 0.15) is 11.6 Å². The van der Waals surface area contributed by atoms with Crippen LogP contribution in [-0.2, 0) is 4.79 Å². The summed E-state index contributed by atoms with van der Waals surface area (Å²) in [5.41, 5.74) is 0. The normalized spacial score (nSPS) is 16.7. The summed E-state index contributed by atoms with van der Waals surface area (Å²) in [6.07, 6.45) is 4.55. The molecule has 0 atom stereocenters. The van der Waals surface area contributed by atoms with Gasteiger partial charge in [-0.15, -0.1) is 0 Å². The van der Waals surface area contributed by atoms with E-state index < -0.39 is 0 Å².